The molecule has 5 aliphatic rings. The maximum Gasteiger partial charge on any atom is 0.241 e. The summed E-state index contributed by atoms with van der Waals surface area (Å²) in [5.41, 5.74) is 6.93. The van der Waals surface area contributed by atoms with Crippen molar-refractivity contribution in [3.63, 3.8) is 0 Å². The van der Waals surface area contributed by atoms with Crippen LogP contribution in [0.5, 0.6) is 0 Å². The molecule has 1 heterocycles. The molecule has 4 aliphatic carbocycles. The number of rotatable bonds is 9. The zero-order valence-electron chi connectivity index (χ0n) is 25.3. The van der Waals surface area contributed by atoms with Gasteiger partial charge in [0.25, 0.3) is 0 Å². The number of anilines is 1. The van der Waals surface area contributed by atoms with Crippen LogP contribution in [-0.4, -0.2) is 75.9 Å². The van der Waals surface area contributed by atoms with Crippen LogP contribution in [0.3, 0.4) is 0 Å². The molecule has 1 aromatic rings. The van der Waals surface area contributed by atoms with Crippen molar-refractivity contribution in [2.75, 3.05) is 24.5 Å². The number of hydrogen-bond donors (Lipinski definition) is 4. The number of piperazine rings is 1. The number of benzene rings is 1. The Hall–Kier alpha value is -2.07. The van der Waals surface area contributed by atoms with Crippen molar-refractivity contribution in [1.82, 2.24) is 10.2 Å². The van der Waals surface area contributed by atoms with Crippen molar-refractivity contribution in [2.45, 2.75) is 102 Å². The summed E-state index contributed by atoms with van der Waals surface area (Å²) in [6.45, 7) is 10.7. The van der Waals surface area contributed by atoms with Gasteiger partial charge in [0.05, 0.1) is 18.2 Å². The first-order valence-electron chi connectivity index (χ1n) is 15.4. The van der Waals surface area contributed by atoms with E-state index in [4.69, 9.17) is 5.73 Å². The lowest BCUT2D eigenvalue weighted by atomic mass is 9.52. The molecule has 0 aromatic heterocycles. The van der Waals surface area contributed by atoms with Gasteiger partial charge in [-0.3, -0.25) is 14.5 Å². The molecule has 9 heteroatoms. The first-order chi connectivity index (χ1) is 19.2. The number of nitrogens with zero attached hydrogens (tertiary/aromatic N) is 2. The van der Waals surface area contributed by atoms with Crippen molar-refractivity contribution in [3.8, 4) is 0 Å². The molecule has 1 saturated heterocycles. The summed E-state index contributed by atoms with van der Waals surface area (Å²) >= 11 is 0. The highest BCUT2D eigenvalue weighted by atomic mass is 19.1. The van der Waals surface area contributed by atoms with Gasteiger partial charge in [-0.2, -0.15) is 0 Å². The number of halogens is 1. The Morgan fingerprint density at radius 2 is 1.85 bits per heavy atom. The first kappa shape index (κ1) is 30.4. The van der Waals surface area contributed by atoms with Gasteiger partial charge in [-0.1, -0.05) is 19.9 Å². The first-order valence-corrected chi connectivity index (χ1v) is 15.4. The molecule has 2 amide bonds. The lowest BCUT2D eigenvalue weighted by Gasteiger charge is -2.58. The summed E-state index contributed by atoms with van der Waals surface area (Å²) in [5, 5.41) is 25.4. The number of hydrogen-bond acceptors (Lipinski definition) is 6. The Balaban J connectivity index is 1.19. The number of aliphatic hydroxyl groups excluding tert-OH is 1. The average Bonchev–Trinajstić information content (AvgIpc) is 2.86. The minimum atomic E-state index is -0.915. The molecule has 5 fully saturated rings. The maximum atomic E-state index is 14.0. The monoisotopic (exact) mass is 572 g/mol. The number of carbonyl (C=O) groups is 2. The molecule has 4 bridgehead atoms. The molecule has 5 atom stereocenters. The summed E-state index contributed by atoms with van der Waals surface area (Å²) < 4.78 is 14.0. The smallest absolute Gasteiger partial charge is 0.241 e. The standard InChI is InChI=1S/C32H49FN4O4/c1-18(2)24(30(40)35-29-21-8-20-9-22(29)14-32(41,12-20)13-21)11-27(38)25(34)15-36-16-28(39)37(17-31(36,4)5)26-10-23(33)7-6-19(26)3/h6-7,10,18,20-22,24-25,27,29,38,41H,8-9,11-17,34H2,1-5H3,(H,35,40)/t20?,21?,22?,24-,25-,27-,29?,32?/m0/s1. The molecule has 228 valence electrons. The van der Waals surface area contributed by atoms with E-state index in [1.807, 2.05) is 39.5 Å². The van der Waals surface area contributed by atoms with Crippen molar-refractivity contribution < 1.29 is 24.2 Å². The van der Waals surface area contributed by atoms with E-state index in [1.54, 1.807) is 11.0 Å². The van der Waals surface area contributed by atoms with Gasteiger partial charge in [-0.15, -0.1) is 0 Å². The third-order valence-corrected chi connectivity index (χ3v) is 10.6. The van der Waals surface area contributed by atoms with Crippen LogP contribution in [0.2, 0.25) is 0 Å². The van der Waals surface area contributed by atoms with Crippen LogP contribution in [0, 0.1) is 42.3 Å². The zero-order valence-corrected chi connectivity index (χ0v) is 25.3. The number of aryl methyl sites for hydroxylation is 1. The lowest BCUT2D eigenvalue weighted by molar-refractivity contribution is -0.149. The van der Waals surface area contributed by atoms with Gasteiger partial charge >= 0.3 is 0 Å². The Labute approximate surface area is 243 Å². The summed E-state index contributed by atoms with van der Waals surface area (Å²) in [7, 11) is 0. The van der Waals surface area contributed by atoms with Crippen LogP contribution >= 0.6 is 0 Å². The third kappa shape index (κ3) is 6.19. The van der Waals surface area contributed by atoms with E-state index in [0.29, 0.717) is 36.5 Å². The minimum absolute atomic E-state index is 0.0222. The van der Waals surface area contributed by atoms with Gasteiger partial charge in [-0.25, -0.2) is 4.39 Å². The quantitative estimate of drug-likeness (QED) is 0.361. The van der Waals surface area contributed by atoms with Crippen molar-refractivity contribution in [2.24, 2.45) is 35.3 Å². The summed E-state index contributed by atoms with van der Waals surface area (Å²) in [5.74, 6) is 0.294. The number of nitrogens with one attached hydrogen (secondary N) is 1. The van der Waals surface area contributed by atoms with E-state index in [-0.39, 0.29) is 42.6 Å². The number of nitrogens with two attached hydrogens (primary N) is 1. The van der Waals surface area contributed by atoms with E-state index >= 15 is 0 Å². The molecule has 1 aliphatic heterocycles. The Bertz CT molecular complexity index is 1140. The van der Waals surface area contributed by atoms with Crippen LogP contribution < -0.4 is 16.0 Å². The van der Waals surface area contributed by atoms with Crippen LogP contribution in [0.1, 0.15) is 71.8 Å². The van der Waals surface area contributed by atoms with Crippen molar-refractivity contribution in [3.05, 3.63) is 29.6 Å². The Morgan fingerprint density at radius 3 is 2.46 bits per heavy atom. The average molecular weight is 573 g/mol. The van der Waals surface area contributed by atoms with E-state index < -0.39 is 29.2 Å². The predicted molar refractivity (Wildman–Crippen MR) is 157 cm³/mol. The Morgan fingerprint density at radius 1 is 1.20 bits per heavy atom. The SMILES string of the molecule is Cc1ccc(F)cc1N1CC(C)(C)N(C[C@H](N)[C@@H](O)C[C@H](C(=O)NC2C3CC4CC2CC(O)(C4)C3)C(C)C)CC1=O. The molecule has 6 rings (SSSR count). The van der Waals surface area contributed by atoms with Crippen molar-refractivity contribution in [1.29, 1.82) is 0 Å². The van der Waals surface area contributed by atoms with Gasteiger partial charge in [0.1, 0.15) is 5.82 Å². The van der Waals surface area contributed by atoms with E-state index in [9.17, 15) is 24.2 Å². The highest BCUT2D eigenvalue weighted by Gasteiger charge is 2.55. The molecule has 41 heavy (non-hydrogen) atoms. The molecule has 0 spiro atoms. The molecule has 0 radical (unpaired) electrons. The highest BCUT2D eigenvalue weighted by Crippen LogP contribution is 2.55. The fourth-order valence-electron chi connectivity index (χ4n) is 8.42. The third-order valence-electron chi connectivity index (χ3n) is 10.6. The molecule has 4 saturated carbocycles. The molecule has 5 N–H and O–H groups in total. The largest absolute Gasteiger partial charge is 0.391 e. The second-order valence-corrected chi connectivity index (χ2v) is 14.6. The van der Waals surface area contributed by atoms with E-state index in [2.05, 4.69) is 5.32 Å². The van der Waals surface area contributed by atoms with Gasteiger partial charge in [0.15, 0.2) is 0 Å². The van der Waals surface area contributed by atoms with Crippen molar-refractivity contribution >= 4 is 17.5 Å². The topological polar surface area (TPSA) is 119 Å². The van der Waals surface area contributed by atoms with Crippen LogP contribution in [0.4, 0.5) is 10.1 Å². The molecule has 1 aromatic carbocycles. The summed E-state index contributed by atoms with van der Waals surface area (Å²) in [4.78, 5) is 30.4. The molecule has 8 nitrogen and oxygen atoms in total. The minimum Gasteiger partial charge on any atom is -0.391 e. The van der Waals surface area contributed by atoms with Gasteiger partial charge in [-0.05, 0) is 101 Å². The summed E-state index contributed by atoms with van der Waals surface area (Å²) in [6, 6.07) is 3.92. The van der Waals surface area contributed by atoms with Crippen LogP contribution in [0.25, 0.3) is 0 Å². The number of amides is 2. The van der Waals surface area contributed by atoms with E-state index in [1.165, 1.54) is 12.1 Å². The van der Waals surface area contributed by atoms with Crippen LogP contribution in [0.15, 0.2) is 18.2 Å². The normalized spacial score (nSPS) is 33.2. The second kappa shape index (κ2) is 11.2. The zero-order chi connectivity index (χ0) is 29.9. The summed E-state index contributed by atoms with van der Waals surface area (Å²) in [6.07, 6.45) is 3.92. The van der Waals surface area contributed by atoms with Crippen LogP contribution in [-0.2, 0) is 9.59 Å². The fourth-order valence-corrected chi connectivity index (χ4v) is 8.42. The fraction of sp³-hybridized carbons (Fsp3) is 0.750. The molecule has 2 unspecified atom stereocenters. The lowest BCUT2D eigenvalue weighted by Crippen LogP contribution is -2.64. The second-order valence-electron chi connectivity index (χ2n) is 14.6. The van der Waals surface area contributed by atoms with Gasteiger partial charge in [0, 0.05) is 42.3 Å². The maximum absolute atomic E-state index is 14.0. The molecular formula is C32H49FN4O4. The van der Waals surface area contributed by atoms with Gasteiger partial charge in [0.2, 0.25) is 11.8 Å². The predicted octanol–water partition coefficient (Wildman–Crippen LogP) is 2.97. The number of aliphatic hydroxyl groups is 2. The Kier molecular flexibility index (Phi) is 8.31. The highest BCUT2D eigenvalue weighted by molar-refractivity contribution is 5.96. The molecular weight excluding hydrogens is 523 g/mol. The number of carbonyl (C=O) groups excluding carboxylic acids is 2. The van der Waals surface area contributed by atoms with Gasteiger partial charge < -0.3 is 26.2 Å². The van der Waals surface area contributed by atoms with E-state index in [0.717, 1.165) is 37.7 Å².